The number of carbonyl (C=O) groups is 1. The first-order valence-corrected chi connectivity index (χ1v) is 13.3. The van der Waals surface area contributed by atoms with Crippen molar-refractivity contribution in [3.05, 3.63) is 58.7 Å². The molecule has 168 valence electrons. The van der Waals surface area contributed by atoms with E-state index in [1.54, 1.807) is 11.8 Å². The number of hydrogen-bond acceptors (Lipinski definition) is 4. The summed E-state index contributed by atoms with van der Waals surface area (Å²) in [5.41, 5.74) is 3.68. The summed E-state index contributed by atoms with van der Waals surface area (Å²) in [6.07, 6.45) is 3.11. The molecule has 1 amide bonds. The van der Waals surface area contributed by atoms with E-state index in [4.69, 9.17) is 0 Å². The van der Waals surface area contributed by atoms with Crippen molar-refractivity contribution in [3.63, 3.8) is 0 Å². The van der Waals surface area contributed by atoms with Crippen LogP contribution in [0.2, 0.25) is 0 Å². The minimum Gasteiger partial charge on any atom is -0.349 e. The minimum absolute atomic E-state index is 0.00110. The van der Waals surface area contributed by atoms with Crippen molar-refractivity contribution in [2.24, 2.45) is 5.92 Å². The first kappa shape index (κ1) is 23.8. The lowest BCUT2D eigenvalue weighted by Crippen LogP contribution is -2.43. The Kier molecular flexibility index (Phi) is 7.50. The minimum atomic E-state index is -3.56. The third-order valence-corrected chi connectivity index (χ3v) is 8.95. The Morgan fingerprint density at radius 1 is 1.06 bits per heavy atom. The highest BCUT2D eigenvalue weighted by Crippen LogP contribution is 2.29. The maximum absolute atomic E-state index is 13.3. The van der Waals surface area contributed by atoms with E-state index < -0.39 is 10.0 Å². The first-order valence-electron chi connectivity index (χ1n) is 10.7. The molecule has 31 heavy (non-hydrogen) atoms. The van der Waals surface area contributed by atoms with E-state index in [1.807, 2.05) is 58.2 Å². The highest BCUT2D eigenvalue weighted by Gasteiger charge is 2.34. The monoisotopic (exact) mass is 460 g/mol. The summed E-state index contributed by atoms with van der Waals surface area (Å²) >= 11 is 1.69. The number of aryl methyl sites for hydroxylation is 3. The van der Waals surface area contributed by atoms with Crippen molar-refractivity contribution in [2.75, 3.05) is 19.3 Å². The van der Waals surface area contributed by atoms with E-state index in [9.17, 15) is 13.2 Å². The van der Waals surface area contributed by atoms with Crippen molar-refractivity contribution >= 4 is 27.7 Å². The quantitative estimate of drug-likeness (QED) is 0.639. The molecular weight excluding hydrogens is 428 g/mol. The molecule has 2 aromatic rings. The molecule has 7 heteroatoms. The summed E-state index contributed by atoms with van der Waals surface area (Å²) < 4.78 is 28.0. The molecule has 1 saturated heterocycles. The molecule has 0 saturated carbocycles. The molecule has 3 rings (SSSR count). The molecule has 2 aromatic carbocycles. The number of rotatable bonds is 6. The average molecular weight is 461 g/mol. The highest BCUT2D eigenvalue weighted by molar-refractivity contribution is 7.98. The van der Waals surface area contributed by atoms with Gasteiger partial charge in [-0.15, -0.1) is 11.8 Å². The van der Waals surface area contributed by atoms with Crippen LogP contribution in [0.3, 0.4) is 0 Å². The predicted octanol–water partition coefficient (Wildman–Crippen LogP) is 4.61. The van der Waals surface area contributed by atoms with Crippen molar-refractivity contribution in [1.29, 1.82) is 0 Å². The number of benzene rings is 2. The fourth-order valence-corrected chi connectivity index (χ4v) is 6.66. The van der Waals surface area contributed by atoms with Gasteiger partial charge in [-0.1, -0.05) is 29.8 Å². The predicted molar refractivity (Wildman–Crippen MR) is 127 cm³/mol. The van der Waals surface area contributed by atoms with E-state index >= 15 is 0 Å². The number of sulfonamides is 1. The summed E-state index contributed by atoms with van der Waals surface area (Å²) in [6.45, 7) is 8.38. The van der Waals surface area contributed by atoms with Gasteiger partial charge in [-0.25, -0.2) is 8.42 Å². The lowest BCUT2D eigenvalue weighted by atomic mass is 9.96. The Balaban J connectivity index is 1.62. The van der Waals surface area contributed by atoms with Crippen LogP contribution >= 0.6 is 11.8 Å². The van der Waals surface area contributed by atoms with Gasteiger partial charge in [0, 0.05) is 23.9 Å². The Labute approximate surface area is 190 Å². The van der Waals surface area contributed by atoms with Crippen LogP contribution in [-0.4, -0.2) is 38.0 Å². The number of hydrogen-bond donors (Lipinski definition) is 1. The molecular formula is C24H32N2O3S2. The van der Waals surface area contributed by atoms with Gasteiger partial charge in [0.15, 0.2) is 0 Å². The molecule has 1 N–H and O–H groups in total. The maximum Gasteiger partial charge on any atom is 0.243 e. The number of amides is 1. The van der Waals surface area contributed by atoms with Gasteiger partial charge in [0.05, 0.1) is 10.9 Å². The number of thioether (sulfide) groups is 1. The fraction of sp³-hybridized carbons (Fsp3) is 0.458. The van der Waals surface area contributed by atoms with Crippen LogP contribution < -0.4 is 5.32 Å². The summed E-state index contributed by atoms with van der Waals surface area (Å²) in [4.78, 5) is 14.4. The molecule has 5 nitrogen and oxygen atoms in total. The average Bonchev–Trinajstić information content (AvgIpc) is 2.72. The van der Waals surface area contributed by atoms with E-state index in [1.165, 1.54) is 9.20 Å². The summed E-state index contributed by atoms with van der Waals surface area (Å²) in [5.74, 6) is -0.166. The Hall–Kier alpha value is -1.83. The number of carbonyl (C=O) groups excluding carboxylic acids is 1. The zero-order chi connectivity index (χ0) is 22.8. The van der Waals surface area contributed by atoms with Gasteiger partial charge >= 0.3 is 0 Å². The van der Waals surface area contributed by atoms with Gasteiger partial charge in [-0.3, -0.25) is 4.79 Å². The molecule has 1 aliphatic heterocycles. The summed E-state index contributed by atoms with van der Waals surface area (Å²) in [6, 6.07) is 11.9. The fourth-order valence-electron chi connectivity index (χ4n) is 4.37. The van der Waals surface area contributed by atoms with Crippen LogP contribution in [-0.2, 0) is 14.8 Å². The van der Waals surface area contributed by atoms with E-state index in [-0.39, 0.29) is 17.9 Å². The van der Waals surface area contributed by atoms with Crippen LogP contribution in [0, 0.1) is 26.7 Å². The maximum atomic E-state index is 13.3. The number of piperidine rings is 1. The third-order valence-electron chi connectivity index (χ3n) is 6.00. The van der Waals surface area contributed by atoms with Crippen LogP contribution in [0.4, 0.5) is 0 Å². The normalized spacial score (nSPS) is 16.8. The SMILES string of the molecule is CSc1ccc(C(C)NC(=O)C2CCN(S(=O)(=O)c3c(C)cc(C)cc3C)CC2)cc1. The molecule has 1 atom stereocenters. The molecule has 0 aromatic heterocycles. The zero-order valence-electron chi connectivity index (χ0n) is 18.9. The summed E-state index contributed by atoms with van der Waals surface area (Å²) in [5, 5.41) is 3.10. The van der Waals surface area contributed by atoms with Crippen molar-refractivity contribution in [3.8, 4) is 0 Å². The molecule has 0 radical (unpaired) electrons. The van der Waals surface area contributed by atoms with Gasteiger partial charge in [-0.2, -0.15) is 4.31 Å². The molecule has 1 heterocycles. The van der Waals surface area contributed by atoms with E-state index in [2.05, 4.69) is 17.4 Å². The Bertz CT molecular complexity index is 1020. The third kappa shape index (κ3) is 5.33. The molecule has 0 spiro atoms. The lowest BCUT2D eigenvalue weighted by molar-refractivity contribution is -0.126. The smallest absolute Gasteiger partial charge is 0.243 e. The molecule has 0 aliphatic carbocycles. The topological polar surface area (TPSA) is 66.5 Å². The van der Waals surface area contributed by atoms with Crippen LogP contribution in [0.1, 0.15) is 48.1 Å². The van der Waals surface area contributed by atoms with Gasteiger partial charge < -0.3 is 5.32 Å². The second-order valence-corrected chi connectivity index (χ2v) is 11.2. The largest absolute Gasteiger partial charge is 0.349 e. The zero-order valence-corrected chi connectivity index (χ0v) is 20.6. The Morgan fingerprint density at radius 2 is 1.61 bits per heavy atom. The molecule has 1 aliphatic rings. The van der Waals surface area contributed by atoms with Gasteiger partial charge in [0.1, 0.15) is 0 Å². The lowest BCUT2D eigenvalue weighted by Gasteiger charge is -2.32. The number of nitrogens with zero attached hydrogens (tertiary/aromatic N) is 1. The summed E-state index contributed by atoms with van der Waals surface area (Å²) in [7, 11) is -3.56. The second kappa shape index (κ2) is 9.76. The standard InChI is InChI=1S/C24H32N2O3S2/c1-16-14-17(2)23(18(3)15-16)31(28,29)26-12-10-21(11-13-26)24(27)25-19(4)20-6-8-22(30-5)9-7-20/h6-9,14-15,19,21H,10-13H2,1-5H3,(H,25,27). The van der Waals surface area contributed by atoms with Gasteiger partial charge in [0.2, 0.25) is 15.9 Å². The van der Waals surface area contributed by atoms with Crippen molar-refractivity contribution in [1.82, 2.24) is 9.62 Å². The van der Waals surface area contributed by atoms with Gasteiger partial charge in [0.25, 0.3) is 0 Å². The number of nitrogens with one attached hydrogen (secondary N) is 1. The molecule has 0 bridgehead atoms. The van der Waals surface area contributed by atoms with E-state index in [0.29, 0.717) is 30.8 Å². The van der Waals surface area contributed by atoms with Crippen molar-refractivity contribution in [2.45, 2.75) is 56.4 Å². The first-order chi connectivity index (χ1) is 14.6. The highest BCUT2D eigenvalue weighted by atomic mass is 32.2. The van der Waals surface area contributed by atoms with Gasteiger partial charge in [-0.05, 0) is 75.6 Å². The van der Waals surface area contributed by atoms with Crippen LogP contribution in [0.5, 0.6) is 0 Å². The Morgan fingerprint density at radius 3 is 2.13 bits per heavy atom. The van der Waals surface area contributed by atoms with E-state index in [0.717, 1.165) is 22.3 Å². The molecule has 1 fully saturated rings. The molecule has 1 unspecified atom stereocenters. The van der Waals surface area contributed by atoms with Crippen LogP contribution in [0.15, 0.2) is 46.2 Å². The van der Waals surface area contributed by atoms with Crippen LogP contribution in [0.25, 0.3) is 0 Å². The second-order valence-electron chi connectivity index (χ2n) is 8.41. The van der Waals surface area contributed by atoms with Crippen molar-refractivity contribution < 1.29 is 13.2 Å².